The van der Waals surface area contributed by atoms with Crippen LogP contribution in [-0.4, -0.2) is 27.6 Å². The molecule has 0 saturated heterocycles. The van der Waals surface area contributed by atoms with Crippen molar-refractivity contribution in [2.75, 3.05) is 11.8 Å². The van der Waals surface area contributed by atoms with Crippen molar-refractivity contribution in [1.29, 1.82) is 0 Å². The Morgan fingerprint density at radius 3 is 2.26 bits per heavy atom. The van der Waals surface area contributed by atoms with Crippen LogP contribution in [0.15, 0.2) is 101 Å². The van der Waals surface area contributed by atoms with Gasteiger partial charge in [-0.3, -0.25) is 9.52 Å². The number of hydrazone groups is 1. The Hall–Kier alpha value is -4.05. The number of benzene rings is 4. The minimum atomic E-state index is -3.94. The van der Waals surface area contributed by atoms with Gasteiger partial charge in [-0.15, -0.1) is 0 Å². The Bertz CT molecular complexity index is 1590. The molecule has 0 atom stereocenters. The van der Waals surface area contributed by atoms with Gasteiger partial charge in [-0.1, -0.05) is 47.5 Å². The molecule has 2 N–H and O–H groups in total. The Morgan fingerprint density at radius 1 is 0.897 bits per heavy atom. The van der Waals surface area contributed by atoms with E-state index in [9.17, 15) is 13.2 Å². The number of rotatable bonds is 10. The number of methoxy groups -OCH3 is 1. The van der Waals surface area contributed by atoms with E-state index in [-0.39, 0.29) is 16.1 Å². The average molecular weight is 584 g/mol. The van der Waals surface area contributed by atoms with Gasteiger partial charge in [-0.25, -0.2) is 13.8 Å². The van der Waals surface area contributed by atoms with Gasteiger partial charge in [0.1, 0.15) is 6.61 Å². The largest absolute Gasteiger partial charge is 0.493 e. The van der Waals surface area contributed by atoms with Crippen molar-refractivity contribution < 1.29 is 22.7 Å². The molecule has 200 valence electrons. The van der Waals surface area contributed by atoms with Crippen LogP contribution in [0.4, 0.5) is 5.69 Å². The SMILES string of the molecule is COc1cc(C=NNC(=O)c2ccccc2NS(=O)(=O)c2ccc(Cl)cc2)ccc1OCc1ccc(Cl)cc1. The van der Waals surface area contributed by atoms with Crippen molar-refractivity contribution in [3.05, 3.63) is 118 Å². The molecule has 0 fully saturated rings. The van der Waals surface area contributed by atoms with Gasteiger partial charge in [0.15, 0.2) is 11.5 Å². The number of hydrogen-bond acceptors (Lipinski definition) is 6. The number of ether oxygens (including phenoxy) is 2. The zero-order valence-electron chi connectivity index (χ0n) is 20.6. The lowest BCUT2D eigenvalue weighted by Crippen LogP contribution is -2.21. The lowest BCUT2D eigenvalue weighted by atomic mass is 10.2. The molecule has 4 aromatic carbocycles. The summed E-state index contributed by atoms with van der Waals surface area (Å²) in [4.78, 5) is 12.8. The average Bonchev–Trinajstić information content (AvgIpc) is 2.93. The van der Waals surface area contributed by atoms with E-state index in [0.717, 1.165) is 5.56 Å². The van der Waals surface area contributed by atoms with Gasteiger partial charge in [0.2, 0.25) is 0 Å². The van der Waals surface area contributed by atoms with Crippen LogP contribution >= 0.6 is 23.2 Å². The van der Waals surface area contributed by atoms with Crippen molar-refractivity contribution in [2.24, 2.45) is 5.10 Å². The van der Waals surface area contributed by atoms with Crippen molar-refractivity contribution >= 4 is 51.0 Å². The summed E-state index contributed by atoms with van der Waals surface area (Å²) >= 11 is 11.8. The van der Waals surface area contributed by atoms with Crippen molar-refractivity contribution in [3.63, 3.8) is 0 Å². The summed E-state index contributed by atoms with van der Waals surface area (Å²) < 4.78 is 39.3. The van der Waals surface area contributed by atoms with Crippen LogP contribution in [0.2, 0.25) is 10.0 Å². The van der Waals surface area contributed by atoms with Gasteiger partial charge in [-0.2, -0.15) is 5.10 Å². The fraction of sp³-hybridized carbons (Fsp3) is 0.0714. The smallest absolute Gasteiger partial charge is 0.273 e. The quantitative estimate of drug-likeness (QED) is 0.172. The second-order valence-electron chi connectivity index (χ2n) is 8.13. The van der Waals surface area contributed by atoms with E-state index in [1.807, 2.05) is 12.1 Å². The topological polar surface area (TPSA) is 106 Å². The number of anilines is 1. The molecule has 0 aliphatic rings. The van der Waals surface area contributed by atoms with Crippen LogP contribution in [0, 0.1) is 0 Å². The molecule has 11 heteroatoms. The summed E-state index contributed by atoms with van der Waals surface area (Å²) in [5, 5.41) is 5.06. The molecule has 4 rings (SSSR count). The molecule has 39 heavy (non-hydrogen) atoms. The summed E-state index contributed by atoms with van der Waals surface area (Å²) in [6, 6.07) is 24.4. The Balaban J connectivity index is 1.42. The van der Waals surface area contributed by atoms with Crippen molar-refractivity contribution in [3.8, 4) is 11.5 Å². The molecule has 4 aromatic rings. The molecule has 0 spiro atoms. The number of sulfonamides is 1. The van der Waals surface area contributed by atoms with Gasteiger partial charge < -0.3 is 9.47 Å². The predicted molar refractivity (Wildman–Crippen MR) is 153 cm³/mol. The molecule has 0 saturated carbocycles. The number of carbonyl (C=O) groups excluding carboxylic acids is 1. The molecule has 0 heterocycles. The number of nitrogens with zero attached hydrogens (tertiary/aromatic N) is 1. The normalized spacial score (nSPS) is 11.3. The lowest BCUT2D eigenvalue weighted by molar-refractivity contribution is 0.0956. The third kappa shape index (κ3) is 7.51. The van der Waals surface area contributed by atoms with Gasteiger partial charge in [0, 0.05) is 10.0 Å². The molecule has 0 bridgehead atoms. The monoisotopic (exact) mass is 583 g/mol. The summed E-state index contributed by atoms with van der Waals surface area (Å²) in [5.74, 6) is 0.423. The third-order valence-corrected chi connectivity index (χ3v) is 7.30. The zero-order valence-corrected chi connectivity index (χ0v) is 22.9. The van der Waals surface area contributed by atoms with E-state index < -0.39 is 15.9 Å². The second kappa shape index (κ2) is 12.7. The number of carbonyl (C=O) groups is 1. The van der Waals surface area contributed by atoms with E-state index in [2.05, 4.69) is 15.2 Å². The highest BCUT2D eigenvalue weighted by Gasteiger charge is 2.18. The highest BCUT2D eigenvalue weighted by Crippen LogP contribution is 2.28. The number of amides is 1. The molecule has 0 unspecified atom stereocenters. The van der Waals surface area contributed by atoms with E-state index in [1.165, 1.54) is 49.7 Å². The standard InChI is InChI=1S/C28H23Cl2N3O5S/c1-37-27-16-20(8-15-26(27)38-18-19-6-9-21(29)10-7-19)17-31-32-28(34)24-4-2-3-5-25(24)33-39(35,36)23-13-11-22(30)12-14-23/h2-17,33H,18H2,1H3,(H,32,34). The van der Waals surface area contributed by atoms with Crippen LogP contribution < -0.4 is 19.6 Å². The molecular formula is C28H23Cl2N3O5S. The molecule has 0 radical (unpaired) electrons. The van der Waals surface area contributed by atoms with E-state index in [4.69, 9.17) is 32.7 Å². The zero-order chi connectivity index (χ0) is 27.8. The molecule has 0 aliphatic carbocycles. The van der Waals surface area contributed by atoms with Crippen LogP contribution in [0.5, 0.6) is 11.5 Å². The minimum Gasteiger partial charge on any atom is -0.493 e. The summed E-state index contributed by atoms with van der Waals surface area (Å²) in [7, 11) is -2.42. The van der Waals surface area contributed by atoms with E-state index in [1.54, 1.807) is 42.5 Å². The third-order valence-electron chi connectivity index (χ3n) is 5.41. The van der Waals surface area contributed by atoms with Crippen LogP contribution in [0.3, 0.4) is 0 Å². The summed E-state index contributed by atoms with van der Waals surface area (Å²) in [6.07, 6.45) is 1.43. The maximum Gasteiger partial charge on any atom is 0.273 e. The first-order valence-corrected chi connectivity index (χ1v) is 13.8. The maximum atomic E-state index is 12.8. The number of hydrogen-bond donors (Lipinski definition) is 2. The molecule has 0 aromatic heterocycles. The van der Waals surface area contributed by atoms with Crippen LogP contribution in [-0.2, 0) is 16.6 Å². The highest BCUT2D eigenvalue weighted by atomic mass is 35.5. The fourth-order valence-electron chi connectivity index (χ4n) is 3.44. The first kappa shape index (κ1) is 28.0. The van der Waals surface area contributed by atoms with Gasteiger partial charge in [-0.05, 0) is 77.9 Å². The van der Waals surface area contributed by atoms with Crippen molar-refractivity contribution in [2.45, 2.75) is 11.5 Å². The first-order valence-electron chi connectivity index (χ1n) is 11.5. The minimum absolute atomic E-state index is 0.00896. The molecule has 0 aliphatic heterocycles. The number of nitrogens with one attached hydrogen (secondary N) is 2. The Kier molecular flexibility index (Phi) is 9.08. The van der Waals surface area contributed by atoms with Gasteiger partial charge in [0.25, 0.3) is 15.9 Å². The number of halogens is 2. The summed E-state index contributed by atoms with van der Waals surface area (Å²) in [5.41, 5.74) is 4.20. The Morgan fingerprint density at radius 2 is 1.56 bits per heavy atom. The van der Waals surface area contributed by atoms with E-state index >= 15 is 0 Å². The molecule has 8 nitrogen and oxygen atoms in total. The highest BCUT2D eigenvalue weighted by molar-refractivity contribution is 7.92. The predicted octanol–water partition coefficient (Wildman–Crippen LogP) is 6.15. The van der Waals surface area contributed by atoms with Gasteiger partial charge >= 0.3 is 0 Å². The molecule has 1 amide bonds. The van der Waals surface area contributed by atoms with E-state index in [0.29, 0.717) is 33.7 Å². The summed E-state index contributed by atoms with van der Waals surface area (Å²) in [6.45, 7) is 0.332. The van der Waals surface area contributed by atoms with Crippen LogP contribution in [0.1, 0.15) is 21.5 Å². The maximum absolute atomic E-state index is 12.8. The number of para-hydroxylation sites is 1. The van der Waals surface area contributed by atoms with Crippen LogP contribution in [0.25, 0.3) is 0 Å². The lowest BCUT2D eigenvalue weighted by Gasteiger charge is -2.12. The Labute approximate surface area is 236 Å². The van der Waals surface area contributed by atoms with Gasteiger partial charge in [0.05, 0.1) is 29.5 Å². The molecular weight excluding hydrogens is 561 g/mol. The first-order chi connectivity index (χ1) is 18.7. The van der Waals surface area contributed by atoms with Crippen molar-refractivity contribution in [1.82, 2.24) is 5.43 Å². The fourth-order valence-corrected chi connectivity index (χ4v) is 4.77. The second-order valence-corrected chi connectivity index (χ2v) is 10.7.